The third-order valence-corrected chi connectivity index (χ3v) is 6.70. The Bertz CT molecular complexity index is 625. The molecule has 2 atom stereocenters. The monoisotopic (exact) mass is 352 g/mol. The highest BCUT2D eigenvalue weighted by molar-refractivity contribution is 7.99. The second-order valence-corrected chi connectivity index (χ2v) is 8.37. The van der Waals surface area contributed by atoms with Gasteiger partial charge in [-0.25, -0.2) is 17.5 Å². The average molecular weight is 353 g/mol. The number of hydrogen-bond acceptors (Lipinski definition) is 4. The van der Waals surface area contributed by atoms with Crippen LogP contribution >= 0.6 is 23.4 Å². The van der Waals surface area contributed by atoms with Crippen molar-refractivity contribution in [2.75, 3.05) is 12.0 Å². The first-order valence-electron chi connectivity index (χ1n) is 6.63. The molecule has 118 valence electrons. The summed E-state index contributed by atoms with van der Waals surface area (Å²) in [4.78, 5) is -0.172. The van der Waals surface area contributed by atoms with Gasteiger partial charge in [-0.1, -0.05) is 18.0 Å². The van der Waals surface area contributed by atoms with Gasteiger partial charge >= 0.3 is 0 Å². The lowest BCUT2D eigenvalue weighted by atomic mass is 9.96. The number of nitrogens with one attached hydrogen (secondary N) is 1. The van der Waals surface area contributed by atoms with E-state index in [0.29, 0.717) is 5.25 Å². The summed E-state index contributed by atoms with van der Waals surface area (Å²) in [5, 5.41) is 0.298. The minimum Gasteiger partial charge on any atom is -0.396 e. The number of anilines is 1. The van der Waals surface area contributed by atoms with Crippen LogP contribution in [0.15, 0.2) is 17.0 Å². The molecule has 2 unspecified atom stereocenters. The molecule has 1 aromatic rings. The van der Waals surface area contributed by atoms with E-state index in [1.807, 2.05) is 6.26 Å². The molecule has 0 amide bonds. The van der Waals surface area contributed by atoms with E-state index in [1.54, 1.807) is 11.8 Å². The van der Waals surface area contributed by atoms with Crippen molar-refractivity contribution in [1.29, 1.82) is 0 Å². The summed E-state index contributed by atoms with van der Waals surface area (Å²) in [6.45, 7) is 0. The standard InChI is InChI=1S/C13H18ClFN2O2S2/c1-20-9-4-2-3-8(5-9)17-21(18,19)13-7-12(16)11(15)6-10(13)14/h6-9,17H,2-5,16H2,1H3. The first kappa shape index (κ1) is 16.9. The number of nitrogen functional groups attached to an aromatic ring is 1. The molecule has 8 heteroatoms. The summed E-state index contributed by atoms with van der Waals surface area (Å²) < 4.78 is 40.7. The van der Waals surface area contributed by atoms with Crippen molar-refractivity contribution >= 4 is 39.1 Å². The van der Waals surface area contributed by atoms with Crippen LogP contribution < -0.4 is 10.5 Å². The van der Waals surface area contributed by atoms with Crippen molar-refractivity contribution < 1.29 is 12.8 Å². The molecule has 0 spiro atoms. The molecule has 0 bridgehead atoms. The summed E-state index contributed by atoms with van der Waals surface area (Å²) in [5.74, 6) is -0.723. The molecule has 0 aromatic heterocycles. The van der Waals surface area contributed by atoms with Crippen LogP contribution in [0.5, 0.6) is 0 Å². The molecule has 21 heavy (non-hydrogen) atoms. The van der Waals surface area contributed by atoms with Crippen LogP contribution in [0.2, 0.25) is 5.02 Å². The van der Waals surface area contributed by atoms with Gasteiger partial charge in [-0.3, -0.25) is 0 Å². The van der Waals surface area contributed by atoms with E-state index in [-0.39, 0.29) is 21.6 Å². The molecular weight excluding hydrogens is 335 g/mol. The number of thioether (sulfide) groups is 1. The van der Waals surface area contributed by atoms with Crippen molar-refractivity contribution in [2.24, 2.45) is 0 Å². The predicted octanol–water partition coefficient (Wildman–Crippen LogP) is 3.01. The number of hydrogen-bond donors (Lipinski definition) is 2. The smallest absolute Gasteiger partial charge is 0.242 e. The Morgan fingerprint density at radius 2 is 2.14 bits per heavy atom. The molecule has 2 rings (SSSR count). The molecule has 1 saturated carbocycles. The van der Waals surface area contributed by atoms with E-state index in [0.717, 1.165) is 37.8 Å². The second-order valence-electron chi connectivity index (χ2n) is 5.15. The van der Waals surface area contributed by atoms with Crippen LogP contribution in [0.1, 0.15) is 25.7 Å². The zero-order valence-corrected chi connectivity index (χ0v) is 14.0. The zero-order chi connectivity index (χ0) is 15.6. The van der Waals surface area contributed by atoms with Gasteiger partial charge in [0.15, 0.2) is 0 Å². The Balaban J connectivity index is 2.20. The van der Waals surface area contributed by atoms with Crippen molar-refractivity contribution in [3.05, 3.63) is 23.0 Å². The van der Waals surface area contributed by atoms with E-state index >= 15 is 0 Å². The maximum Gasteiger partial charge on any atom is 0.242 e. The van der Waals surface area contributed by atoms with E-state index in [1.165, 1.54) is 0 Å². The summed E-state index contributed by atoms with van der Waals surface area (Å²) >= 11 is 7.59. The molecule has 0 aliphatic heterocycles. The molecule has 3 N–H and O–H groups in total. The molecule has 0 heterocycles. The molecule has 4 nitrogen and oxygen atoms in total. The summed E-state index contributed by atoms with van der Waals surface area (Å²) in [5.41, 5.74) is 5.20. The summed E-state index contributed by atoms with van der Waals surface area (Å²) in [6.07, 6.45) is 5.69. The predicted molar refractivity (Wildman–Crippen MR) is 85.7 cm³/mol. The van der Waals surface area contributed by atoms with E-state index in [9.17, 15) is 12.8 Å². The molecular formula is C13H18ClFN2O2S2. The summed E-state index contributed by atoms with van der Waals surface area (Å²) in [7, 11) is -3.80. The van der Waals surface area contributed by atoms with E-state index in [2.05, 4.69) is 4.72 Å². The number of nitrogens with two attached hydrogens (primary N) is 1. The maximum atomic E-state index is 13.3. The fourth-order valence-electron chi connectivity index (χ4n) is 2.50. The molecule has 1 aliphatic carbocycles. The third-order valence-electron chi connectivity index (χ3n) is 3.62. The average Bonchev–Trinajstić information content (AvgIpc) is 2.42. The molecule has 0 radical (unpaired) electrons. The van der Waals surface area contributed by atoms with Gasteiger partial charge in [0, 0.05) is 11.3 Å². The van der Waals surface area contributed by atoms with Gasteiger partial charge in [-0.05, 0) is 37.7 Å². The van der Waals surface area contributed by atoms with Gasteiger partial charge < -0.3 is 5.73 Å². The first-order chi connectivity index (χ1) is 9.83. The van der Waals surface area contributed by atoms with Crippen molar-refractivity contribution in [2.45, 2.75) is 41.9 Å². The van der Waals surface area contributed by atoms with Crippen LogP contribution in [0.4, 0.5) is 10.1 Å². The Morgan fingerprint density at radius 1 is 1.43 bits per heavy atom. The number of benzene rings is 1. The highest BCUT2D eigenvalue weighted by Crippen LogP contribution is 2.30. The zero-order valence-electron chi connectivity index (χ0n) is 11.6. The Labute approximate surface area is 133 Å². The topological polar surface area (TPSA) is 72.2 Å². The van der Waals surface area contributed by atoms with Gasteiger partial charge in [0.05, 0.1) is 10.7 Å². The fraction of sp³-hybridized carbons (Fsp3) is 0.538. The summed E-state index contributed by atoms with van der Waals surface area (Å²) in [6, 6.07) is 1.87. The lowest BCUT2D eigenvalue weighted by molar-refractivity contribution is 0.421. The van der Waals surface area contributed by atoms with E-state index < -0.39 is 15.8 Å². The van der Waals surface area contributed by atoms with E-state index in [4.69, 9.17) is 17.3 Å². The fourth-order valence-corrected chi connectivity index (χ4v) is 5.16. The Morgan fingerprint density at radius 3 is 2.81 bits per heavy atom. The molecule has 1 aliphatic rings. The molecule has 0 saturated heterocycles. The van der Waals surface area contributed by atoms with Gasteiger partial charge in [-0.2, -0.15) is 11.8 Å². The van der Waals surface area contributed by atoms with Gasteiger partial charge in [0.2, 0.25) is 10.0 Å². The van der Waals surface area contributed by atoms with Crippen LogP contribution in [0.3, 0.4) is 0 Å². The first-order valence-corrected chi connectivity index (χ1v) is 9.78. The lowest BCUT2D eigenvalue weighted by Crippen LogP contribution is -2.39. The highest BCUT2D eigenvalue weighted by Gasteiger charge is 2.27. The van der Waals surface area contributed by atoms with Gasteiger partial charge in [0.1, 0.15) is 10.7 Å². The van der Waals surface area contributed by atoms with Crippen LogP contribution in [0, 0.1) is 5.82 Å². The van der Waals surface area contributed by atoms with Crippen LogP contribution in [-0.2, 0) is 10.0 Å². The Kier molecular flexibility index (Phi) is 5.40. The van der Waals surface area contributed by atoms with Gasteiger partial charge in [0.25, 0.3) is 0 Å². The van der Waals surface area contributed by atoms with Crippen LogP contribution in [-0.4, -0.2) is 26.0 Å². The quantitative estimate of drug-likeness (QED) is 0.817. The minimum atomic E-state index is -3.80. The van der Waals surface area contributed by atoms with Crippen molar-refractivity contribution in [3.63, 3.8) is 0 Å². The SMILES string of the molecule is CSC1CCCC(NS(=O)(=O)c2cc(N)c(F)cc2Cl)C1. The van der Waals surface area contributed by atoms with Crippen molar-refractivity contribution in [1.82, 2.24) is 4.72 Å². The lowest BCUT2D eigenvalue weighted by Gasteiger charge is -2.28. The van der Waals surface area contributed by atoms with Crippen LogP contribution in [0.25, 0.3) is 0 Å². The minimum absolute atomic E-state index is 0.122. The third kappa shape index (κ3) is 4.03. The number of sulfonamides is 1. The van der Waals surface area contributed by atoms with Gasteiger partial charge in [-0.15, -0.1) is 0 Å². The number of halogens is 2. The Hall–Kier alpha value is -0.500. The van der Waals surface area contributed by atoms with Crippen molar-refractivity contribution in [3.8, 4) is 0 Å². The largest absolute Gasteiger partial charge is 0.396 e. The second kappa shape index (κ2) is 6.73. The molecule has 1 fully saturated rings. The normalized spacial score (nSPS) is 23.2. The number of rotatable bonds is 4. The highest BCUT2D eigenvalue weighted by atomic mass is 35.5. The molecule has 1 aromatic carbocycles. The maximum absolute atomic E-state index is 13.3.